The lowest BCUT2D eigenvalue weighted by molar-refractivity contribution is -0.123. The lowest BCUT2D eigenvalue weighted by Crippen LogP contribution is -2.57. The summed E-state index contributed by atoms with van der Waals surface area (Å²) in [6, 6.07) is -0.247. The van der Waals surface area contributed by atoms with Crippen LogP contribution in [0, 0.1) is 11.8 Å². The van der Waals surface area contributed by atoms with Crippen LogP contribution in [0.3, 0.4) is 0 Å². The summed E-state index contributed by atoms with van der Waals surface area (Å²) < 4.78 is 0. The highest BCUT2D eigenvalue weighted by Crippen LogP contribution is 2.31. The molecule has 0 saturated heterocycles. The Balaban J connectivity index is 2.42. The normalized spacial score (nSPS) is 28.4. The van der Waals surface area contributed by atoms with E-state index in [0.717, 1.165) is 44.6 Å². The van der Waals surface area contributed by atoms with Crippen molar-refractivity contribution in [2.75, 3.05) is 13.2 Å². The van der Waals surface area contributed by atoms with Crippen LogP contribution >= 0.6 is 0 Å². The predicted octanol–water partition coefficient (Wildman–Crippen LogP) is 2.07. The van der Waals surface area contributed by atoms with Gasteiger partial charge in [-0.3, -0.25) is 10.1 Å². The van der Waals surface area contributed by atoms with E-state index >= 15 is 0 Å². The highest BCUT2D eigenvalue weighted by Gasteiger charge is 2.35. The fourth-order valence-corrected chi connectivity index (χ4v) is 2.82. The molecular formula is C16H32N2O2. The molecule has 20 heavy (non-hydrogen) atoms. The van der Waals surface area contributed by atoms with E-state index in [9.17, 15) is 9.90 Å². The Hall–Kier alpha value is -0.610. The molecule has 1 fully saturated rings. The number of aliphatic hydroxyl groups is 1. The Bertz CT molecular complexity index is 297. The highest BCUT2D eigenvalue weighted by molar-refractivity contribution is 5.81. The topological polar surface area (TPSA) is 61.4 Å². The molecule has 4 heteroatoms. The Morgan fingerprint density at radius 3 is 2.40 bits per heavy atom. The van der Waals surface area contributed by atoms with Crippen molar-refractivity contribution < 1.29 is 9.90 Å². The van der Waals surface area contributed by atoms with Gasteiger partial charge in [0.15, 0.2) is 0 Å². The van der Waals surface area contributed by atoms with E-state index in [0.29, 0.717) is 5.92 Å². The van der Waals surface area contributed by atoms with Crippen LogP contribution in [-0.2, 0) is 4.79 Å². The van der Waals surface area contributed by atoms with Crippen molar-refractivity contribution in [2.24, 2.45) is 11.8 Å². The van der Waals surface area contributed by atoms with Crippen LogP contribution in [0.15, 0.2) is 0 Å². The van der Waals surface area contributed by atoms with Gasteiger partial charge in [-0.15, -0.1) is 0 Å². The SMILES string of the molecule is CC(C)CCNC(=O)C(C)NC1(CO)CCC(C)CC1. The molecule has 0 bridgehead atoms. The third-order valence-corrected chi connectivity index (χ3v) is 4.47. The van der Waals surface area contributed by atoms with Gasteiger partial charge in [-0.2, -0.15) is 0 Å². The fraction of sp³-hybridized carbons (Fsp3) is 0.938. The monoisotopic (exact) mass is 284 g/mol. The average molecular weight is 284 g/mol. The summed E-state index contributed by atoms with van der Waals surface area (Å²) in [7, 11) is 0. The standard InChI is InChI=1S/C16H32N2O2/c1-12(2)7-10-17-15(20)14(4)18-16(11-19)8-5-13(3)6-9-16/h12-14,18-19H,5-11H2,1-4H3,(H,17,20). The van der Waals surface area contributed by atoms with E-state index in [-0.39, 0.29) is 24.1 Å². The zero-order chi connectivity index (χ0) is 15.2. The van der Waals surface area contributed by atoms with Gasteiger partial charge in [-0.25, -0.2) is 0 Å². The molecule has 1 rings (SSSR count). The number of carbonyl (C=O) groups excluding carboxylic acids is 1. The number of nitrogens with one attached hydrogen (secondary N) is 2. The summed E-state index contributed by atoms with van der Waals surface area (Å²) >= 11 is 0. The number of amides is 1. The molecule has 1 aliphatic carbocycles. The van der Waals surface area contributed by atoms with Gasteiger partial charge in [-0.05, 0) is 50.9 Å². The first kappa shape index (κ1) is 17.4. The van der Waals surface area contributed by atoms with E-state index in [4.69, 9.17) is 0 Å². The van der Waals surface area contributed by atoms with Crippen LogP contribution in [0.25, 0.3) is 0 Å². The highest BCUT2D eigenvalue weighted by atomic mass is 16.3. The van der Waals surface area contributed by atoms with Crippen LogP contribution < -0.4 is 10.6 Å². The third kappa shape index (κ3) is 5.41. The van der Waals surface area contributed by atoms with E-state index in [1.165, 1.54) is 0 Å². The zero-order valence-electron chi connectivity index (χ0n) is 13.5. The third-order valence-electron chi connectivity index (χ3n) is 4.47. The molecule has 0 radical (unpaired) electrons. The quantitative estimate of drug-likeness (QED) is 0.670. The minimum atomic E-state index is -0.263. The van der Waals surface area contributed by atoms with Crippen molar-refractivity contribution >= 4 is 5.91 Å². The molecule has 118 valence electrons. The van der Waals surface area contributed by atoms with Crippen molar-refractivity contribution in [3.05, 3.63) is 0 Å². The van der Waals surface area contributed by atoms with Crippen molar-refractivity contribution in [3.8, 4) is 0 Å². The second-order valence-electron chi connectivity index (χ2n) is 6.96. The molecule has 0 aromatic rings. The molecule has 0 aliphatic heterocycles. The summed E-state index contributed by atoms with van der Waals surface area (Å²) in [6.07, 6.45) is 5.15. The molecule has 1 unspecified atom stereocenters. The van der Waals surface area contributed by atoms with Crippen LogP contribution in [0.2, 0.25) is 0 Å². The molecule has 4 nitrogen and oxygen atoms in total. The smallest absolute Gasteiger partial charge is 0.236 e. The molecular weight excluding hydrogens is 252 g/mol. The van der Waals surface area contributed by atoms with Gasteiger partial charge in [0, 0.05) is 12.1 Å². The maximum atomic E-state index is 12.1. The second-order valence-corrected chi connectivity index (χ2v) is 6.96. The average Bonchev–Trinajstić information content (AvgIpc) is 2.41. The molecule has 1 amide bonds. The van der Waals surface area contributed by atoms with E-state index in [1.807, 2.05) is 6.92 Å². The Morgan fingerprint density at radius 1 is 1.30 bits per heavy atom. The van der Waals surface area contributed by atoms with Crippen molar-refractivity contribution in [1.29, 1.82) is 0 Å². The van der Waals surface area contributed by atoms with E-state index in [1.54, 1.807) is 0 Å². The minimum Gasteiger partial charge on any atom is -0.394 e. The van der Waals surface area contributed by atoms with Crippen molar-refractivity contribution in [3.63, 3.8) is 0 Å². The number of rotatable bonds is 7. The van der Waals surface area contributed by atoms with E-state index in [2.05, 4.69) is 31.4 Å². The molecule has 0 spiro atoms. The predicted molar refractivity (Wildman–Crippen MR) is 82.5 cm³/mol. The largest absolute Gasteiger partial charge is 0.394 e. The first-order valence-electron chi connectivity index (χ1n) is 8.05. The summed E-state index contributed by atoms with van der Waals surface area (Å²) in [4.78, 5) is 12.1. The van der Waals surface area contributed by atoms with Crippen LogP contribution in [0.4, 0.5) is 0 Å². The minimum absolute atomic E-state index is 0.0390. The fourth-order valence-electron chi connectivity index (χ4n) is 2.82. The van der Waals surface area contributed by atoms with Gasteiger partial charge in [0.1, 0.15) is 0 Å². The zero-order valence-corrected chi connectivity index (χ0v) is 13.5. The van der Waals surface area contributed by atoms with Crippen LogP contribution in [-0.4, -0.2) is 35.7 Å². The lowest BCUT2D eigenvalue weighted by atomic mass is 9.77. The number of carbonyl (C=O) groups is 1. The van der Waals surface area contributed by atoms with Gasteiger partial charge in [0.25, 0.3) is 0 Å². The molecule has 0 aromatic heterocycles. The van der Waals surface area contributed by atoms with Gasteiger partial charge in [0.2, 0.25) is 5.91 Å². The van der Waals surface area contributed by atoms with Crippen molar-refractivity contribution in [1.82, 2.24) is 10.6 Å². The summed E-state index contributed by atoms with van der Waals surface area (Å²) in [5.74, 6) is 1.37. The Labute approximate surface area is 123 Å². The lowest BCUT2D eigenvalue weighted by Gasteiger charge is -2.40. The maximum Gasteiger partial charge on any atom is 0.236 e. The summed E-state index contributed by atoms with van der Waals surface area (Å²) in [6.45, 7) is 9.29. The van der Waals surface area contributed by atoms with Gasteiger partial charge >= 0.3 is 0 Å². The molecule has 1 atom stereocenters. The first-order valence-corrected chi connectivity index (χ1v) is 8.05. The number of hydrogen-bond acceptors (Lipinski definition) is 3. The number of aliphatic hydroxyl groups excluding tert-OH is 1. The molecule has 1 aliphatic rings. The molecule has 0 heterocycles. The van der Waals surface area contributed by atoms with Gasteiger partial charge in [0.05, 0.1) is 12.6 Å². The Kier molecular flexibility index (Phi) is 6.96. The first-order chi connectivity index (χ1) is 9.38. The second kappa shape index (κ2) is 7.99. The van der Waals surface area contributed by atoms with Gasteiger partial charge < -0.3 is 10.4 Å². The molecule has 1 saturated carbocycles. The summed E-state index contributed by atoms with van der Waals surface area (Å²) in [5, 5.41) is 16.1. The maximum absolute atomic E-state index is 12.1. The van der Waals surface area contributed by atoms with Crippen molar-refractivity contribution in [2.45, 2.75) is 71.4 Å². The van der Waals surface area contributed by atoms with Crippen LogP contribution in [0.5, 0.6) is 0 Å². The van der Waals surface area contributed by atoms with Crippen LogP contribution in [0.1, 0.15) is 59.8 Å². The van der Waals surface area contributed by atoms with E-state index < -0.39 is 0 Å². The molecule has 0 aromatic carbocycles. The van der Waals surface area contributed by atoms with Gasteiger partial charge in [-0.1, -0.05) is 20.8 Å². The summed E-state index contributed by atoms with van der Waals surface area (Å²) in [5.41, 5.74) is -0.263. The molecule has 3 N–H and O–H groups in total. The Morgan fingerprint density at radius 2 is 1.90 bits per heavy atom. The number of hydrogen-bond donors (Lipinski definition) is 3.